The molecule has 0 saturated carbocycles. The van der Waals surface area contributed by atoms with E-state index in [0.717, 1.165) is 49.4 Å². The molecule has 0 atom stereocenters. The molecule has 0 amide bonds. The van der Waals surface area contributed by atoms with E-state index in [2.05, 4.69) is 20.5 Å². The average molecular weight is 558 g/mol. The van der Waals surface area contributed by atoms with Crippen molar-refractivity contribution < 1.29 is 4.39 Å². The molecule has 36 heavy (non-hydrogen) atoms. The topological polar surface area (TPSA) is 35.6 Å². The molecular formula is C29H19BrClFN4. The molecule has 7 heteroatoms. The fourth-order valence-corrected chi connectivity index (χ4v) is 4.82. The van der Waals surface area contributed by atoms with E-state index in [0.29, 0.717) is 11.6 Å². The van der Waals surface area contributed by atoms with Crippen molar-refractivity contribution in [1.29, 1.82) is 0 Å². The molecule has 6 aromatic rings. The van der Waals surface area contributed by atoms with E-state index in [4.69, 9.17) is 21.7 Å². The molecule has 0 spiro atoms. The van der Waals surface area contributed by atoms with Crippen molar-refractivity contribution in [3.8, 4) is 28.3 Å². The Hall–Kier alpha value is -3.74. The summed E-state index contributed by atoms with van der Waals surface area (Å²) in [4.78, 5) is 5.02. The van der Waals surface area contributed by atoms with Crippen molar-refractivity contribution in [3.05, 3.63) is 124 Å². The molecule has 4 aromatic carbocycles. The number of fused-ring (bicyclic) bond motifs is 1. The predicted molar refractivity (Wildman–Crippen MR) is 146 cm³/mol. The molecule has 0 bridgehead atoms. The summed E-state index contributed by atoms with van der Waals surface area (Å²) >= 11 is 9.95. The van der Waals surface area contributed by atoms with Gasteiger partial charge in [-0.2, -0.15) is 5.10 Å². The van der Waals surface area contributed by atoms with Crippen molar-refractivity contribution in [3.63, 3.8) is 0 Å². The highest BCUT2D eigenvalue weighted by Gasteiger charge is 2.21. The van der Waals surface area contributed by atoms with Crippen LogP contribution >= 0.6 is 27.5 Å². The lowest BCUT2D eigenvalue weighted by Crippen LogP contribution is -2.03. The first-order valence-electron chi connectivity index (χ1n) is 11.4. The second-order valence-corrected chi connectivity index (χ2v) is 9.75. The molecule has 0 saturated heterocycles. The number of nitrogens with zero attached hydrogens (tertiary/aromatic N) is 4. The van der Waals surface area contributed by atoms with E-state index < -0.39 is 0 Å². The van der Waals surface area contributed by atoms with E-state index in [-0.39, 0.29) is 5.82 Å². The van der Waals surface area contributed by atoms with E-state index in [1.165, 1.54) is 12.1 Å². The molecule has 0 radical (unpaired) electrons. The van der Waals surface area contributed by atoms with Crippen LogP contribution in [-0.2, 0) is 6.54 Å². The summed E-state index contributed by atoms with van der Waals surface area (Å²) in [6.07, 6.45) is 2.01. The van der Waals surface area contributed by atoms with Crippen molar-refractivity contribution in [2.24, 2.45) is 0 Å². The zero-order valence-electron chi connectivity index (χ0n) is 18.9. The van der Waals surface area contributed by atoms with Gasteiger partial charge in [0.25, 0.3) is 0 Å². The van der Waals surface area contributed by atoms with Gasteiger partial charge in [-0.3, -0.25) is 0 Å². The van der Waals surface area contributed by atoms with Gasteiger partial charge in [-0.15, -0.1) is 0 Å². The average Bonchev–Trinajstić information content (AvgIpc) is 3.49. The first kappa shape index (κ1) is 22.7. The second kappa shape index (κ2) is 9.37. The smallest absolute Gasteiger partial charge is 0.145 e. The molecule has 6 rings (SSSR count). The number of aromatic nitrogens is 4. The summed E-state index contributed by atoms with van der Waals surface area (Å²) in [6.45, 7) is 0.436. The summed E-state index contributed by atoms with van der Waals surface area (Å²) in [6, 6.07) is 30.5. The fraction of sp³-hybridized carbons (Fsp3) is 0.0345. The van der Waals surface area contributed by atoms with Crippen LogP contribution in [0.1, 0.15) is 5.56 Å². The van der Waals surface area contributed by atoms with Crippen LogP contribution in [-0.4, -0.2) is 19.3 Å². The first-order chi connectivity index (χ1) is 17.6. The minimum atomic E-state index is -0.360. The maximum absolute atomic E-state index is 13.7. The summed E-state index contributed by atoms with van der Waals surface area (Å²) in [5.41, 5.74) is 6.25. The van der Waals surface area contributed by atoms with Gasteiger partial charge >= 0.3 is 0 Å². The Morgan fingerprint density at radius 1 is 0.861 bits per heavy atom. The van der Waals surface area contributed by atoms with E-state index in [9.17, 15) is 4.39 Å². The van der Waals surface area contributed by atoms with Crippen molar-refractivity contribution in [2.75, 3.05) is 0 Å². The van der Waals surface area contributed by atoms with Gasteiger partial charge in [0.1, 0.15) is 17.3 Å². The summed E-state index contributed by atoms with van der Waals surface area (Å²) < 4.78 is 18.7. The Labute approximate surface area is 220 Å². The number of rotatable bonds is 5. The predicted octanol–water partition coefficient (Wildman–Crippen LogP) is 8.16. The molecular weight excluding hydrogens is 539 g/mol. The van der Waals surface area contributed by atoms with Gasteiger partial charge in [0.05, 0.1) is 28.8 Å². The standard InChI is InChI=1S/C29H19BrClFN4/c30-21-13-10-19(11-14-21)28-24(18-36(34-28)23-6-2-1-3-7-23)29-33-26-8-4-5-9-27(26)35(29)17-20-12-15-22(32)16-25(20)31/h1-16,18H,17H2. The molecule has 176 valence electrons. The Balaban J connectivity index is 1.59. The highest BCUT2D eigenvalue weighted by atomic mass is 79.9. The van der Waals surface area contributed by atoms with Crippen LogP contribution in [0.2, 0.25) is 5.02 Å². The van der Waals surface area contributed by atoms with Gasteiger partial charge in [0, 0.05) is 21.3 Å². The monoisotopic (exact) mass is 556 g/mol. The van der Waals surface area contributed by atoms with E-state index in [1.54, 1.807) is 6.07 Å². The van der Waals surface area contributed by atoms with Crippen molar-refractivity contribution in [1.82, 2.24) is 19.3 Å². The second-order valence-electron chi connectivity index (χ2n) is 8.42. The molecule has 0 aliphatic heterocycles. The van der Waals surface area contributed by atoms with Gasteiger partial charge < -0.3 is 4.57 Å². The molecule has 0 unspecified atom stereocenters. The highest BCUT2D eigenvalue weighted by molar-refractivity contribution is 9.10. The number of para-hydroxylation sites is 3. The summed E-state index contributed by atoms with van der Waals surface area (Å²) in [7, 11) is 0. The Morgan fingerprint density at radius 3 is 2.39 bits per heavy atom. The Bertz CT molecular complexity index is 1690. The molecule has 0 aliphatic carbocycles. The SMILES string of the molecule is Fc1ccc(Cn2c(-c3cn(-c4ccccc4)nc3-c3ccc(Br)cc3)nc3ccccc32)c(Cl)c1. The molecule has 2 heterocycles. The van der Waals surface area contributed by atoms with Crippen LogP contribution in [0.5, 0.6) is 0 Å². The Kier molecular flexibility index (Phi) is 5.91. The third-order valence-electron chi connectivity index (χ3n) is 6.09. The van der Waals surface area contributed by atoms with Crippen LogP contribution in [0.3, 0.4) is 0 Å². The van der Waals surface area contributed by atoms with Crippen LogP contribution in [0.25, 0.3) is 39.4 Å². The lowest BCUT2D eigenvalue weighted by atomic mass is 10.1. The number of imidazole rings is 1. The molecule has 0 N–H and O–H groups in total. The lowest BCUT2D eigenvalue weighted by Gasteiger charge is -2.11. The van der Waals surface area contributed by atoms with Crippen LogP contribution in [0.4, 0.5) is 4.39 Å². The Morgan fingerprint density at radius 2 is 1.61 bits per heavy atom. The van der Waals surface area contributed by atoms with Crippen molar-refractivity contribution in [2.45, 2.75) is 6.54 Å². The van der Waals surface area contributed by atoms with Crippen LogP contribution in [0, 0.1) is 5.82 Å². The van der Waals surface area contributed by atoms with Gasteiger partial charge in [-0.1, -0.05) is 76.1 Å². The maximum atomic E-state index is 13.7. The number of benzene rings is 4. The van der Waals surface area contributed by atoms with Crippen LogP contribution in [0.15, 0.2) is 108 Å². The fourth-order valence-electron chi connectivity index (χ4n) is 4.33. The van der Waals surface area contributed by atoms with Gasteiger partial charge in [0.2, 0.25) is 0 Å². The third kappa shape index (κ3) is 4.23. The van der Waals surface area contributed by atoms with Gasteiger partial charge in [0.15, 0.2) is 0 Å². The zero-order chi connectivity index (χ0) is 24.6. The molecule has 2 aromatic heterocycles. The van der Waals surface area contributed by atoms with Crippen LogP contribution < -0.4 is 0 Å². The van der Waals surface area contributed by atoms with Gasteiger partial charge in [-0.25, -0.2) is 14.1 Å². The van der Waals surface area contributed by atoms with Crippen molar-refractivity contribution >= 4 is 38.6 Å². The highest BCUT2D eigenvalue weighted by Crippen LogP contribution is 2.35. The zero-order valence-corrected chi connectivity index (χ0v) is 21.3. The largest absolute Gasteiger partial charge is 0.319 e. The van der Waals surface area contributed by atoms with E-state index in [1.807, 2.05) is 89.7 Å². The molecule has 4 nitrogen and oxygen atoms in total. The third-order valence-corrected chi connectivity index (χ3v) is 6.97. The summed E-state index contributed by atoms with van der Waals surface area (Å²) in [5, 5.41) is 5.36. The number of halogens is 3. The maximum Gasteiger partial charge on any atom is 0.145 e. The quantitative estimate of drug-likeness (QED) is 0.214. The normalized spacial score (nSPS) is 11.3. The first-order valence-corrected chi connectivity index (χ1v) is 12.5. The minimum Gasteiger partial charge on any atom is -0.319 e. The summed E-state index contributed by atoms with van der Waals surface area (Å²) in [5.74, 6) is 0.401. The van der Waals surface area contributed by atoms with E-state index >= 15 is 0 Å². The minimum absolute atomic E-state index is 0.360. The van der Waals surface area contributed by atoms with Gasteiger partial charge in [-0.05, 0) is 54.1 Å². The molecule has 0 fully saturated rings. The lowest BCUT2D eigenvalue weighted by molar-refractivity contribution is 0.626. The number of hydrogen-bond donors (Lipinski definition) is 0. The number of hydrogen-bond acceptors (Lipinski definition) is 2. The molecule has 0 aliphatic rings.